The molecule has 0 saturated heterocycles. The number of benzene rings is 1. The lowest BCUT2D eigenvalue weighted by Crippen LogP contribution is -2.35. The van der Waals surface area contributed by atoms with E-state index in [0.717, 1.165) is 42.6 Å². The molecule has 0 aliphatic rings. The van der Waals surface area contributed by atoms with E-state index < -0.39 is 0 Å². The van der Waals surface area contributed by atoms with Crippen molar-refractivity contribution in [3.8, 4) is 0 Å². The maximum Gasteiger partial charge on any atom is 0.0641 e. The molecule has 0 aliphatic heterocycles. The number of rotatable bonds is 7. The number of nitrogens with one attached hydrogen (secondary N) is 1. The van der Waals surface area contributed by atoms with Crippen LogP contribution in [0, 0.1) is 0 Å². The predicted octanol–water partition coefficient (Wildman–Crippen LogP) is 3.70. The summed E-state index contributed by atoms with van der Waals surface area (Å²) in [4.78, 5) is 2.20. The van der Waals surface area contributed by atoms with Gasteiger partial charge in [0.15, 0.2) is 0 Å². The Morgan fingerprint density at radius 3 is 2.60 bits per heavy atom. The summed E-state index contributed by atoms with van der Waals surface area (Å²) < 4.78 is 5.42. The molecule has 20 heavy (non-hydrogen) atoms. The van der Waals surface area contributed by atoms with Crippen molar-refractivity contribution in [2.45, 2.75) is 39.8 Å². The zero-order valence-corrected chi connectivity index (χ0v) is 14.0. The Morgan fingerprint density at radius 2 is 2.00 bits per heavy atom. The van der Waals surface area contributed by atoms with Gasteiger partial charge in [-0.15, -0.1) is 0 Å². The SMILES string of the molecule is CCOCCN(C)c1cccc(Cl)c1CNC(C)(C)C. The highest BCUT2D eigenvalue weighted by molar-refractivity contribution is 6.31. The molecule has 0 aromatic heterocycles. The van der Waals surface area contributed by atoms with Gasteiger partial charge in [0, 0.05) is 48.6 Å². The van der Waals surface area contributed by atoms with Crippen LogP contribution in [-0.2, 0) is 11.3 Å². The van der Waals surface area contributed by atoms with Crippen LogP contribution in [0.15, 0.2) is 18.2 Å². The van der Waals surface area contributed by atoms with Crippen molar-refractivity contribution in [2.75, 3.05) is 31.7 Å². The van der Waals surface area contributed by atoms with Crippen molar-refractivity contribution < 1.29 is 4.74 Å². The van der Waals surface area contributed by atoms with Gasteiger partial charge in [-0.1, -0.05) is 17.7 Å². The number of nitrogens with zero attached hydrogens (tertiary/aromatic N) is 1. The normalized spacial score (nSPS) is 11.7. The maximum absolute atomic E-state index is 6.37. The molecule has 1 aromatic carbocycles. The quantitative estimate of drug-likeness (QED) is 0.777. The van der Waals surface area contributed by atoms with E-state index in [2.05, 4.69) is 44.1 Å². The zero-order chi connectivity index (χ0) is 15.2. The van der Waals surface area contributed by atoms with Gasteiger partial charge < -0.3 is 15.0 Å². The number of hydrogen-bond donors (Lipinski definition) is 1. The van der Waals surface area contributed by atoms with Crippen LogP contribution in [0.4, 0.5) is 5.69 Å². The molecule has 114 valence electrons. The molecule has 0 fully saturated rings. The largest absolute Gasteiger partial charge is 0.380 e. The van der Waals surface area contributed by atoms with Crippen LogP contribution < -0.4 is 10.2 Å². The minimum atomic E-state index is 0.0698. The topological polar surface area (TPSA) is 24.5 Å². The van der Waals surface area contributed by atoms with Gasteiger partial charge in [-0.25, -0.2) is 0 Å². The molecule has 0 atom stereocenters. The summed E-state index contributed by atoms with van der Waals surface area (Å²) in [6.45, 7) is 11.6. The summed E-state index contributed by atoms with van der Waals surface area (Å²) in [5, 5.41) is 4.31. The average Bonchev–Trinajstić information content (AvgIpc) is 2.36. The Bertz CT molecular complexity index is 415. The van der Waals surface area contributed by atoms with Crippen LogP contribution in [0.1, 0.15) is 33.3 Å². The van der Waals surface area contributed by atoms with E-state index in [1.807, 2.05) is 19.1 Å². The van der Waals surface area contributed by atoms with Gasteiger partial charge in [0.2, 0.25) is 0 Å². The standard InChI is InChI=1S/C16H27ClN2O/c1-6-20-11-10-19(5)15-9-7-8-14(17)13(15)12-18-16(2,3)4/h7-9,18H,6,10-12H2,1-5H3. The van der Waals surface area contributed by atoms with E-state index in [-0.39, 0.29) is 5.54 Å². The summed E-state index contributed by atoms with van der Waals surface area (Å²) in [6.07, 6.45) is 0. The van der Waals surface area contributed by atoms with Gasteiger partial charge >= 0.3 is 0 Å². The zero-order valence-electron chi connectivity index (χ0n) is 13.3. The van der Waals surface area contributed by atoms with Gasteiger partial charge in [0.05, 0.1) is 6.61 Å². The van der Waals surface area contributed by atoms with E-state index in [0.29, 0.717) is 0 Å². The molecule has 0 heterocycles. The first-order valence-electron chi connectivity index (χ1n) is 7.16. The molecule has 0 unspecified atom stereocenters. The summed E-state index contributed by atoms with van der Waals surface area (Å²) in [7, 11) is 2.07. The predicted molar refractivity (Wildman–Crippen MR) is 87.8 cm³/mol. The van der Waals surface area contributed by atoms with Gasteiger partial charge in [-0.3, -0.25) is 0 Å². The van der Waals surface area contributed by atoms with Crippen molar-refractivity contribution in [1.82, 2.24) is 5.32 Å². The van der Waals surface area contributed by atoms with E-state index in [9.17, 15) is 0 Å². The first kappa shape index (κ1) is 17.3. The van der Waals surface area contributed by atoms with E-state index >= 15 is 0 Å². The van der Waals surface area contributed by atoms with Gasteiger partial charge in [0.1, 0.15) is 0 Å². The van der Waals surface area contributed by atoms with Crippen molar-refractivity contribution in [3.63, 3.8) is 0 Å². The van der Waals surface area contributed by atoms with Crippen LogP contribution >= 0.6 is 11.6 Å². The second kappa shape index (κ2) is 7.87. The minimum Gasteiger partial charge on any atom is -0.380 e. The lowest BCUT2D eigenvalue weighted by molar-refractivity contribution is 0.154. The van der Waals surface area contributed by atoms with Crippen molar-refractivity contribution in [2.24, 2.45) is 0 Å². The first-order valence-corrected chi connectivity index (χ1v) is 7.54. The van der Waals surface area contributed by atoms with Crippen LogP contribution in [0.2, 0.25) is 5.02 Å². The highest BCUT2D eigenvalue weighted by atomic mass is 35.5. The van der Waals surface area contributed by atoms with Gasteiger partial charge in [-0.05, 0) is 39.8 Å². The highest BCUT2D eigenvalue weighted by Crippen LogP contribution is 2.27. The first-order chi connectivity index (χ1) is 9.35. The molecule has 3 nitrogen and oxygen atoms in total. The molecule has 1 N–H and O–H groups in total. The molecular weight excluding hydrogens is 272 g/mol. The van der Waals surface area contributed by atoms with E-state index in [1.54, 1.807) is 0 Å². The molecule has 0 bridgehead atoms. The number of ether oxygens (including phenoxy) is 1. The molecule has 0 spiro atoms. The fourth-order valence-electron chi connectivity index (χ4n) is 1.90. The summed E-state index contributed by atoms with van der Waals surface area (Å²) in [5.41, 5.74) is 2.37. The van der Waals surface area contributed by atoms with E-state index in [1.165, 1.54) is 0 Å². The van der Waals surface area contributed by atoms with Crippen LogP contribution in [0.25, 0.3) is 0 Å². The molecule has 4 heteroatoms. The third-order valence-corrected chi connectivity index (χ3v) is 3.43. The number of likely N-dealkylation sites (N-methyl/N-ethyl adjacent to an activating group) is 1. The highest BCUT2D eigenvalue weighted by Gasteiger charge is 2.14. The molecule has 1 rings (SSSR count). The Balaban J connectivity index is 2.81. The van der Waals surface area contributed by atoms with Crippen LogP contribution in [0.5, 0.6) is 0 Å². The van der Waals surface area contributed by atoms with Crippen molar-refractivity contribution >= 4 is 17.3 Å². The fourth-order valence-corrected chi connectivity index (χ4v) is 2.14. The Labute approximate surface area is 128 Å². The van der Waals surface area contributed by atoms with E-state index in [4.69, 9.17) is 16.3 Å². The summed E-state index contributed by atoms with van der Waals surface area (Å²) >= 11 is 6.37. The van der Waals surface area contributed by atoms with Crippen molar-refractivity contribution in [1.29, 1.82) is 0 Å². The Hall–Kier alpha value is -0.770. The summed E-state index contributed by atoms with van der Waals surface area (Å²) in [5.74, 6) is 0. The summed E-state index contributed by atoms with van der Waals surface area (Å²) in [6, 6.07) is 6.05. The molecule has 0 radical (unpaired) electrons. The van der Waals surface area contributed by atoms with Crippen LogP contribution in [-0.4, -0.2) is 32.3 Å². The average molecular weight is 299 g/mol. The lowest BCUT2D eigenvalue weighted by atomic mass is 10.1. The third-order valence-electron chi connectivity index (χ3n) is 3.08. The molecule has 0 aliphatic carbocycles. The Kier molecular flexibility index (Phi) is 6.80. The minimum absolute atomic E-state index is 0.0698. The number of halogens is 1. The van der Waals surface area contributed by atoms with Crippen molar-refractivity contribution in [3.05, 3.63) is 28.8 Å². The Morgan fingerprint density at radius 1 is 1.30 bits per heavy atom. The smallest absolute Gasteiger partial charge is 0.0641 e. The second-order valence-electron chi connectivity index (χ2n) is 5.96. The maximum atomic E-state index is 6.37. The molecule has 1 aromatic rings. The lowest BCUT2D eigenvalue weighted by Gasteiger charge is -2.26. The third kappa shape index (κ3) is 5.70. The van der Waals surface area contributed by atoms with Gasteiger partial charge in [0.25, 0.3) is 0 Å². The molecule has 0 amide bonds. The monoisotopic (exact) mass is 298 g/mol. The van der Waals surface area contributed by atoms with Gasteiger partial charge in [-0.2, -0.15) is 0 Å². The fraction of sp³-hybridized carbons (Fsp3) is 0.625. The number of anilines is 1. The second-order valence-corrected chi connectivity index (χ2v) is 6.37. The molecule has 0 saturated carbocycles. The molecular formula is C16H27ClN2O. The number of hydrogen-bond acceptors (Lipinski definition) is 3. The van der Waals surface area contributed by atoms with Crippen LogP contribution in [0.3, 0.4) is 0 Å².